The number of esters is 1. The largest absolute Gasteiger partial charge is 0.504 e. The zero-order valence-corrected chi connectivity index (χ0v) is 13.9. The predicted octanol–water partition coefficient (Wildman–Crippen LogP) is 3.08. The molecule has 0 saturated carbocycles. The van der Waals surface area contributed by atoms with Crippen LogP contribution in [0.25, 0.3) is 22.4 Å². The van der Waals surface area contributed by atoms with E-state index in [1.54, 1.807) is 14.0 Å². The van der Waals surface area contributed by atoms with Crippen LogP contribution in [0.5, 0.6) is 5.75 Å². The van der Waals surface area contributed by atoms with Gasteiger partial charge in [-0.3, -0.25) is 0 Å². The third kappa shape index (κ3) is 2.50. The molecular formula is C18H19N3O3. The molecule has 0 spiro atoms. The van der Waals surface area contributed by atoms with Gasteiger partial charge in [-0.1, -0.05) is 37.3 Å². The Morgan fingerprint density at radius 1 is 1.21 bits per heavy atom. The normalized spacial score (nSPS) is 11.0. The minimum absolute atomic E-state index is 0.0686. The highest BCUT2D eigenvalue weighted by molar-refractivity contribution is 5.99. The van der Waals surface area contributed by atoms with Crippen LogP contribution in [0.15, 0.2) is 30.3 Å². The van der Waals surface area contributed by atoms with E-state index in [1.165, 1.54) is 4.57 Å². The highest BCUT2D eigenvalue weighted by atomic mass is 16.5. The average Bonchev–Trinajstić information content (AvgIpc) is 2.85. The number of carbonyl (C=O) groups excluding carboxylic acids is 1. The lowest BCUT2D eigenvalue weighted by Crippen LogP contribution is -2.10. The lowest BCUT2D eigenvalue weighted by molar-refractivity contribution is 0.0512. The number of hydrogen-bond donors (Lipinski definition) is 1. The monoisotopic (exact) mass is 325 g/mol. The van der Waals surface area contributed by atoms with Crippen molar-refractivity contribution >= 4 is 17.1 Å². The van der Waals surface area contributed by atoms with Crippen molar-refractivity contribution in [3.63, 3.8) is 0 Å². The fourth-order valence-corrected chi connectivity index (χ4v) is 2.74. The topological polar surface area (TPSA) is 77.2 Å². The Morgan fingerprint density at radius 2 is 1.92 bits per heavy atom. The molecule has 124 valence electrons. The van der Waals surface area contributed by atoms with E-state index < -0.39 is 5.97 Å². The number of aromatic nitrogens is 3. The molecule has 1 aromatic carbocycles. The first kappa shape index (κ1) is 16.0. The summed E-state index contributed by atoms with van der Waals surface area (Å²) in [5.41, 5.74) is 3.28. The van der Waals surface area contributed by atoms with Gasteiger partial charge in [0.05, 0.1) is 18.0 Å². The van der Waals surface area contributed by atoms with Gasteiger partial charge >= 0.3 is 5.97 Å². The maximum absolute atomic E-state index is 12.1. The van der Waals surface area contributed by atoms with E-state index in [0.717, 1.165) is 11.3 Å². The Kier molecular flexibility index (Phi) is 4.20. The van der Waals surface area contributed by atoms with Gasteiger partial charge in [0.2, 0.25) is 0 Å². The van der Waals surface area contributed by atoms with Crippen molar-refractivity contribution < 1.29 is 14.6 Å². The fraction of sp³-hybridized carbons (Fsp3) is 0.278. The number of fused-ring (bicyclic) bond motifs is 1. The Labute approximate surface area is 139 Å². The van der Waals surface area contributed by atoms with E-state index in [9.17, 15) is 9.90 Å². The van der Waals surface area contributed by atoms with Crippen LogP contribution >= 0.6 is 0 Å². The number of aryl methyl sites for hydroxylation is 2. The van der Waals surface area contributed by atoms with Crippen LogP contribution < -0.4 is 0 Å². The van der Waals surface area contributed by atoms with Gasteiger partial charge in [-0.15, -0.1) is 0 Å². The molecular weight excluding hydrogens is 306 g/mol. The minimum Gasteiger partial charge on any atom is -0.504 e. The summed E-state index contributed by atoms with van der Waals surface area (Å²) in [5.74, 6) is -0.783. The quantitative estimate of drug-likeness (QED) is 0.746. The van der Waals surface area contributed by atoms with Crippen molar-refractivity contribution in [2.45, 2.75) is 20.3 Å². The van der Waals surface area contributed by atoms with Gasteiger partial charge < -0.3 is 14.4 Å². The standard InChI is InChI=1S/C18H19N3O3/c1-4-12-13(11-9-7-6-8-10-11)20-14-16(22)15(18(23)24-5-2)21(3)17(14)19-12/h6-10,22H,4-5H2,1-3H3. The van der Waals surface area contributed by atoms with Crippen LogP contribution in [-0.2, 0) is 18.2 Å². The third-order valence-corrected chi connectivity index (χ3v) is 3.90. The second-order valence-corrected chi connectivity index (χ2v) is 5.39. The first-order valence-electron chi connectivity index (χ1n) is 7.89. The molecule has 0 aliphatic carbocycles. The summed E-state index contributed by atoms with van der Waals surface area (Å²) in [7, 11) is 1.67. The molecule has 0 unspecified atom stereocenters. The van der Waals surface area contributed by atoms with Crippen molar-refractivity contribution in [3.8, 4) is 17.0 Å². The summed E-state index contributed by atoms with van der Waals surface area (Å²) in [4.78, 5) is 21.3. The average molecular weight is 325 g/mol. The van der Waals surface area contributed by atoms with Crippen LogP contribution in [0.3, 0.4) is 0 Å². The van der Waals surface area contributed by atoms with E-state index in [0.29, 0.717) is 23.3 Å². The SMILES string of the molecule is CCOC(=O)c1c(O)c2nc(-c3ccccc3)c(CC)nc2n1C. The van der Waals surface area contributed by atoms with Crippen LogP contribution in [0, 0.1) is 0 Å². The van der Waals surface area contributed by atoms with Crippen molar-refractivity contribution in [2.75, 3.05) is 6.61 Å². The molecule has 2 aromatic heterocycles. The molecule has 0 bridgehead atoms. The molecule has 24 heavy (non-hydrogen) atoms. The van der Waals surface area contributed by atoms with E-state index >= 15 is 0 Å². The molecule has 6 nitrogen and oxygen atoms in total. The van der Waals surface area contributed by atoms with Gasteiger partial charge in [0.1, 0.15) is 0 Å². The lowest BCUT2D eigenvalue weighted by atomic mass is 10.1. The number of aromatic hydroxyl groups is 1. The van der Waals surface area contributed by atoms with Gasteiger partial charge in [0, 0.05) is 12.6 Å². The van der Waals surface area contributed by atoms with E-state index in [1.807, 2.05) is 37.3 Å². The Balaban J connectivity index is 2.27. The Hall–Kier alpha value is -2.89. The number of ether oxygens (including phenoxy) is 1. The number of hydrogen-bond acceptors (Lipinski definition) is 5. The molecule has 6 heteroatoms. The molecule has 3 rings (SSSR count). The second-order valence-electron chi connectivity index (χ2n) is 5.39. The first-order chi connectivity index (χ1) is 11.6. The molecule has 0 fully saturated rings. The summed E-state index contributed by atoms with van der Waals surface area (Å²) in [6, 6.07) is 9.67. The van der Waals surface area contributed by atoms with E-state index in [4.69, 9.17) is 4.74 Å². The van der Waals surface area contributed by atoms with Crippen LogP contribution in [0.2, 0.25) is 0 Å². The Bertz CT molecular complexity index is 901. The van der Waals surface area contributed by atoms with Gasteiger partial charge in [0.25, 0.3) is 0 Å². The molecule has 0 aliphatic heterocycles. The highest BCUT2D eigenvalue weighted by Crippen LogP contribution is 2.32. The molecule has 1 N–H and O–H groups in total. The first-order valence-corrected chi connectivity index (χ1v) is 7.89. The van der Waals surface area contributed by atoms with Gasteiger partial charge in [-0.2, -0.15) is 0 Å². The Morgan fingerprint density at radius 3 is 2.54 bits per heavy atom. The molecule has 0 atom stereocenters. The fourth-order valence-electron chi connectivity index (χ4n) is 2.74. The molecule has 0 aliphatic rings. The van der Waals surface area contributed by atoms with Crippen LogP contribution in [0.1, 0.15) is 30.0 Å². The maximum atomic E-state index is 12.1. The number of rotatable bonds is 4. The summed E-state index contributed by atoms with van der Waals surface area (Å²) >= 11 is 0. The summed E-state index contributed by atoms with van der Waals surface area (Å²) in [6.07, 6.45) is 0.688. The number of carbonyl (C=O) groups is 1. The molecule has 0 saturated heterocycles. The summed E-state index contributed by atoms with van der Waals surface area (Å²) in [6.45, 7) is 3.95. The summed E-state index contributed by atoms with van der Waals surface area (Å²) in [5, 5.41) is 10.5. The van der Waals surface area contributed by atoms with E-state index in [-0.39, 0.29) is 18.1 Å². The molecule has 0 radical (unpaired) electrons. The summed E-state index contributed by atoms with van der Waals surface area (Å²) < 4.78 is 6.55. The minimum atomic E-state index is -0.586. The zero-order chi connectivity index (χ0) is 17.3. The molecule has 0 amide bonds. The van der Waals surface area contributed by atoms with Crippen molar-refractivity contribution in [2.24, 2.45) is 7.05 Å². The van der Waals surface area contributed by atoms with Gasteiger partial charge in [-0.05, 0) is 13.3 Å². The van der Waals surface area contributed by atoms with Crippen LogP contribution in [0.4, 0.5) is 0 Å². The van der Waals surface area contributed by atoms with E-state index in [2.05, 4.69) is 9.97 Å². The molecule has 2 heterocycles. The van der Waals surface area contributed by atoms with Gasteiger partial charge in [-0.25, -0.2) is 14.8 Å². The van der Waals surface area contributed by atoms with Crippen molar-refractivity contribution in [1.82, 2.24) is 14.5 Å². The van der Waals surface area contributed by atoms with Crippen LogP contribution in [-0.4, -0.2) is 32.2 Å². The highest BCUT2D eigenvalue weighted by Gasteiger charge is 2.25. The maximum Gasteiger partial charge on any atom is 0.358 e. The molecule has 3 aromatic rings. The number of nitrogens with zero attached hydrogens (tertiary/aromatic N) is 3. The predicted molar refractivity (Wildman–Crippen MR) is 90.9 cm³/mol. The third-order valence-electron chi connectivity index (χ3n) is 3.90. The second kappa shape index (κ2) is 6.31. The van der Waals surface area contributed by atoms with Crippen molar-refractivity contribution in [1.29, 1.82) is 0 Å². The van der Waals surface area contributed by atoms with Gasteiger partial charge in [0.15, 0.2) is 22.6 Å². The zero-order valence-electron chi connectivity index (χ0n) is 13.9. The number of benzene rings is 1. The smallest absolute Gasteiger partial charge is 0.358 e. The van der Waals surface area contributed by atoms with Crippen molar-refractivity contribution in [3.05, 3.63) is 41.7 Å². The lowest BCUT2D eigenvalue weighted by Gasteiger charge is -2.07.